The molecular formula is C62H34F12N4. The van der Waals surface area contributed by atoms with Gasteiger partial charge in [-0.25, -0.2) is 9.97 Å². The SMILES string of the molecule is FC(F)(F)c1cc(-c2ccc3c4ccccc4n(-c4ccccc4-c4cc(-c5ccccc5)nc(-c5ccccc5-n5c6ccccc6c6ccc(-c7cc(C(F)(F)F)cc(C(F)(F)F)c7)cc65)n4)c3c2)cc(C(F)(F)F)c1. The summed E-state index contributed by atoms with van der Waals surface area (Å²) in [5.74, 6) is 0.223. The van der Waals surface area contributed by atoms with Crippen molar-refractivity contribution in [2.45, 2.75) is 24.7 Å². The van der Waals surface area contributed by atoms with Crippen molar-refractivity contribution in [3.63, 3.8) is 0 Å². The van der Waals surface area contributed by atoms with Crippen molar-refractivity contribution in [3.8, 4) is 67.5 Å². The third-order valence-electron chi connectivity index (χ3n) is 13.8. The molecule has 0 aliphatic carbocycles. The second-order valence-electron chi connectivity index (χ2n) is 18.6. The number of rotatable bonds is 7. The molecule has 3 aromatic heterocycles. The second-order valence-corrected chi connectivity index (χ2v) is 18.6. The van der Waals surface area contributed by atoms with Crippen molar-refractivity contribution < 1.29 is 52.7 Å². The Morgan fingerprint density at radius 1 is 0.269 bits per heavy atom. The van der Waals surface area contributed by atoms with E-state index in [0.29, 0.717) is 96.6 Å². The lowest BCUT2D eigenvalue weighted by molar-refractivity contribution is -0.144. The lowest BCUT2D eigenvalue weighted by Gasteiger charge is -2.17. The van der Waals surface area contributed by atoms with Crippen molar-refractivity contribution in [1.29, 1.82) is 0 Å². The Morgan fingerprint density at radius 2 is 0.641 bits per heavy atom. The molecule has 386 valence electrons. The van der Waals surface area contributed by atoms with Crippen LogP contribution < -0.4 is 0 Å². The first-order valence-corrected chi connectivity index (χ1v) is 24.0. The van der Waals surface area contributed by atoms with Gasteiger partial charge in [-0.3, -0.25) is 0 Å². The van der Waals surface area contributed by atoms with Crippen LogP contribution >= 0.6 is 0 Å². The van der Waals surface area contributed by atoms with Crippen molar-refractivity contribution in [2.75, 3.05) is 0 Å². The number of nitrogens with zero attached hydrogens (tertiary/aromatic N) is 4. The number of aromatic nitrogens is 4. The van der Waals surface area contributed by atoms with Crippen LogP contribution in [0.1, 0.15) is 22.3 Å². The Bertz CT molecular complexity index is 4020. The van der Waals surface area contributed by atoms with Crippen LogP contribution in [0.2, 0.25) is 0 Å². The number of fused-ring (bicyclic) bond motifs is 6. The smallest absolute Gasteiger partial charge is 0.309 e. The fraction of sp³-hybridized carbons (Fsp3) is 0.0645. The van der Waals surface area contributed by atoms with Gasteiger partial charge in [0.1, 0.15) is 0 Å². The van der Waals surface area contributed by atoms with Crippen molar-refractivity contribution in [3.05, 3.63) is 229 Å². The summed E-state index contributed by atoms with van der Waals surface area (Å²) in [7, 11) is 0. The zero-order valence-corrected chi connectivity index (χ0v) is 40.0. The number of benzene rings is 9. The zero-order chi connectivity index (χ0) is 54.5. The molecule has 0 amide bonds. The van der Waals surface area contributed by atoms with Crippen molar-refractivity contribution >= 4 is 43.6 Å². The standard InChI is InChI=1S/C62H34F12N4/c63-59(64,65)40-26-38(27-41(32-40)60(66,67)68)36-22-24-46-44-14-4-8-18-52(44)77(56(46)30-36)54-20-10-6-16-48(54)51-34-50(35-12-2-1-3-13-35)75-58(76-51)49-17-7-11-21-55(49)78-53-19-9-5-15-45(53)47-25-23-37(31-57(47)78)39-28-42(61(69,70)71)33-43(29-39)62(72,73)74/h1-34H. The molecule has 0 saturated carbocycles. The maximum absolute atomic E-state index is 14.1. The molecule has 0 unspecified atom stereocenters. The highest BCUT2D eigenvalue weighted by molar-refractivity contribution is 6.12. The molecule has 0 saturated heterocycles. The van der Waals surface area contributed by atoms with Crippen LogP contribution in [0.4, 0.5) is 52.7 Å². The lowest BCUT2D eigenvalue weighted by Crippen LogP contribution is -2.11. The Morgan fingerprint density at radius 3 is 1.10 bits per heavy atom. The average molecular weight is 1060 g/mol. The molecule has 12 aromatic rings. The van der Waals surface area contributed by atoms with Crippen LogP contribution in [0.15, 0.2) is 206 Å². The van der Waals surface area contributed by atoms with Crippen molar-refractivity contribution in [2.24, 2.45) is 0 Å². The molecule has 78 heavy (non-hydrogen) atoms. The van der Waals surface area contributed by atoms with Gasteiger partial charge in [-0.05, 0) is 107 Å². The number of halogens is 12. The average Bonchev–Trinajstić information content (AvgIpc) is 4.18. The first-order valence-electron chi connectivity index (χ1n) is 24.0. The Hall–Kier alpha value is -9.18. The monoisotopic (exact) mass is 1060 g/mol. The zero-order valence-electron chi connectivity index (χ0n) is 40.0. The molecular weight excluding hydrogens is 1030 g/mol. The fourth-order valence-electron chi connectivity index (χ4n) is 10.3. The van der Waals surface area contributed by atoms with Crippen LogP contribution in [0, 0.1) is 0 Å². The number of alkyl halides is 12. The highest BCUT2D eigenvalue weighted by Crippen LogP contribution is 2.45. The number of hydrogen-bond donors (Lipinski definition) is 0. The molecule has 0 atom stereocenters. The number of hydrogen-bond acceptors (Lipinski definition) is 2. The van der Waals surface area contributed by atoms with E-state index < -0.39 is 47.0 Å². The highest BCUT2D eigenvalue weighted by atomic mass is 19.4. The van der Waals surface area contributed by atoms with Crippen LogP contribution in [0.25, 0.3) is 111 Å². The fourth-order valence-corrected chi connectivity index (χ4v) is 10.3. The minimum Gasteiger partial charge on any atom is -0.309 e. The summed E-state index contributed by atoms with van der Waals surface area (Å²) in [5, 5.41) is 2.81. The molecule has 0 N–H and O–H groups in total. The Kier molecular flexibility index (Phi) is 11.6. The minimum absolute atomic E-state index is 0.0907. The number of para-hydroxylation sites is 4. The molecule has 9 aromatic carbocycles. The summed E-state index contributed by atoms with van der Waals surface area (Å²) in [6.45, 7) is 0. The topological polar surface area (TPSA) is 35.6 Å². The largest absolute Gasteiger partial charge is 0.416 e. The van der Waals surface area contributed by atoms with Gasteiger partial charge < -0.3 is 9.13 Å². The van der Waals surface area contributed by atoms with Gasteiger partial charge in [0.25, 0.3) is 0 Å². The first kappa shape index (κ1) is 49.7. The van der Waals surface area contributed by atoms with E-state index in [2.05, 4.69) is 0 Å². The van der Waals surface area contributed by atoms with E-state index in [-0.39, 0.29) is 40.2 Å². The molecule has 0 fully saturated rings. The maximum atomic E-state index is 14.1. The van der Waals surface area contributed by atoms with Gasteiger partial charge in [-0.15, -0.1) is 0 Å². The minimum atomic E-state index is -5.07. The van der Waals surface area contributed by atoms with E-state index in [1.165, 1.54) is 12.1 Å². The van der Waals surface area contributed by atoms with Crippen LogP contribution in [0.3, 0.4) is 0 Å². The van der Waals surface area contributed by atoms with Crippen LogP contribution in [0.5, 0.6) is 0 Å². The predicted octanol–water partition coefficient (Wildman–Crippen LogP) is 19.1. The Labute approximate surface area is 434 Å². The Balaban J connectivity index is 1.07. The lowest BCUT2D eigenvalue weighted by atomic mass is 9.98. The quantitative estimate of drug-likeness (QED) is 0.149. The summed E-state index contributed by atoms with van der Waals surface area (Å²) >= 11 is 0. The van der Waals surface area contributed by atoms with Crippen LogP contribution in [-0.2, 0) is 24.7 Å². The van der Waals surface area contributed by atoms with Crippen molar-refractivity contribution in [1.82, 2.24) is 19.1 Å². The van der Waals surface area contributed by atoms with Crippen LogP contribution in [-0.4, -0.2) is 19.1 Å². The maximum Gasteiger partial charge on any atom is 0.416 e. The molecule has 0 aliphatic heterocycles. The summed E-state index contributed by atoms with van der Waals surface area (Å²) in [6, 6.07) is 52.6. The van der Waals surface area contributed by atoms with Gasteiger partial charge >= 0.3 is 24.7 Å². The molecule has 16 heteroatoms. The van der Waals surface area contributed by atoms with Gasteiger partial charge in [-0.1, -0.05) is 121 Å². The van der Waals surface area contributed by atoms with Gasteiger partial charge in [-0.2, -0.15) is 52.7 Å². The molecule has 4 nitrogen and oxygen atoms in total. The van der Waals surface area contributed by atoms with E-state index in [1.54, 1.807) is 60.7 Å². The molecule has 3 heterocycles. The molecule has 0 aliphatic rings. The molecule has 12 rings (SSSR count). The second kappa shape index (κ2) is 18.2. The summed E-state index contributed by atoms with van der Waals surface area (Å²) in [5.41, 5.74) is -0.199. The normalized spacial score (nSPS) is 12.6. The third kappa shape index (κ3) is 8.85. The first-order chi connectivity index (χ1) is 37.2. The predicted molar refractivity (Wildman–Crippen MR) is 278 cm³/mol. The van der Waals surface area contributed by atoms with Gasteiger partial charge in [0.2, 0.25) is 0 Å². The van der Waals surface area contributed by atoms with E-state index >= 15 is 0 Å². The molecule has 0 radical (unpaired) electrons. The highest BCUT2D eigenvalue weighted by Gasteiger charge is 2.39. The van der Waals surface area contributed by atoms with E-state index in [4.69, 9.17) is 9.97 Å². The van der Waals surface area contributed by atoms with Gasteiger partial charge in [0.15, 0.2) is 5.82 Å². The molecule has 0 spiro atoms. The third-order valence-corrected chi connectivity index (χ3v) is 13.8. The van der Waals surface area contributed by atoms with E-state index in [9.17, 15) is 52.7 Å². The summed E-state index contributed by atoms with van der Waals surface area (Å²) in [6.07, 6.45) is -20.3. The summed E-state index contributed by atoms with van der Waals surface area (Å²) < 4.78 is 173. The van der Waals surface area contributed by atoms with Gasteiger partial charge in [0.05, 0.1) is 67.1 Å². The summed E-state index contributed by atoms with van der Waals surface area (Å²) in [4.78, 5) is 10.4. The van der Waals surface area contributed by atoms with E-state index in [1.807, 2.05) is 106 Å². The van der Waals surface area contributed by atoms with Gasteiger partial charge in [0, 0.05) is 38.2 Å². The molecule has 0 bridgehead atoms. The van der Waals surface area contributed by atoms with E-state index in [0.717, 1.165) is 10.8 Å².